The molecule has 0 unspecified atom stereocenters. The molecule has 0 aliphatic rings. The Morgan fingerprint density at radius 2 is 1.80 bits per heavy atom. The summed E-state index contributed by atoms with van der Waals surface area (Å²) in [5, 5.41) is 0. The monoisotopic (exact) mass is 215 g/mol. The second-order valence-electron chi connectivity index (χ2n) is 5.20. The Labute approximate surface area is 96.0 Å². The third-order valence-electron chi connectivity index (χ3n) is 3.08. The fourth-order valence-electron chi connectivity index (χ4n) is 1.50. The number of nitrogens with zero attached hydrogens (tertiary/aromatic N) is 1. The molecule has 0 N–H and O–H groups in total. The van der Waals surface area contributed by atoms with Crippen LogP contribution < -0.4 is 0 Å². The van der Waals surface area contributed by atoms with E-state index in [9.17, 15) is 0 Å². The number of hydrogen-bond donors (Lipinski definition) is 0. The summed E-state index contributed by atoms with van der Waals surface area (Å²) in [7, 11) is 1.80. The topological polar surface area (TPSA) is 12.5 Å². The van der Waals surface area contributed by atoms with Gasteiger partial charge in [-0.05, 0) is 47.1 Å². The van der Waals surface area contributed by atoms with Crippen LogP contribution in [0, 0.1) is 0 Å². The van der Waals surface area contributed by atoms with Gasteiger partial charge in [-0.1, -0.05) is 13.3 Å². The van der Waals surface area contributed by atoms with E-state index in [-0.39, 0.29) is 5.60 Å². The molecular formula is C13H29NO. The first kappa shape index (κ1) is 14.9. The molecule has 0 saturated heterocycles. The normalized spacial score (nSPS) is 12.8. The summed E-state index contributed by atoms with van der Waals surface area (Å²) in [5.74, 6) is 0. The zero-order chi connectivity index (χ0) is 11.9. The first-order valence-electron chi connectivity index (χ1n) is 6.22. The summed E-state index contributed by atoms with van der Waals surface area (Å²) < 4.78 is 5.45. The van der Waals surface area contributed by atoms with Crippen LogP contribution in [0.4, 0.5) is 0 Å². The van der Waals surface area contributed by atoms with Crippen molar-refractivity contribution in [1.82, 2.24) is 4.90 Å². The van der Waals surface area contributed by atoms with Crippen LogP contribution in [0.5, 0.6) is 0 Å². The second-order valence-corrected chi connectivity index (χ2v) is 5.20. The zero-order valence-corrected chi connectivity index (χ0v) is 11.5. The molecule has 0 amide bonds. The molecule has 0 aromatic heterocycles. The Morgan fingerprint density at radius 3 is 2.20 bits per heavy atom. The van der Waals surface area contributed by atoms with Crippen molar-refractivity contribution in [2.24, 2.45) is 0 Å². The molecule has 0 aliphatic heterocycles. The van der Waals surface area contributed by atoms with E-state index in [0.717, 1.165) is 13.0 Å². The summed E-state index contributed by atoms with van der Waals surface area (Å²) in [6.07, 6.45) is 3.67. The molecule has 0 radical (unpaired) electrons. The highest BCUT2D eigenvalue weighted by Gasteiger charge is 2.18. The summed E-state index contributed by atoms with van der Waals surface area (Å²) in [6.45, 7) is 13.5. The van der Waals surface area contributed by atoms with Crippen LogP contribution in [0.25, 0.3) is 0 Å². The molecule has 0 fully saturated rings. The molecule has 2 heteroatoms. The molecule has 0 aromatic carbocycles. The van der Waals surface area contributed by atoms with Gasteiger partial charge in [-0.25, -0.2) is 0 Å². The number of ether oxygens (including phenoxy) is 1. The van der Waals surface area contributed by atoms with Crippen LogP contribution in [-0.2, 0) is 4.74 Å². The molecular weight excluding hydrogens is 186 g/mol. The molecule has 0 heterocycles. The molecule has 0 atom stereocenters. The van der Waals surface area contributed by atoms with Gasteiger partial charge in [0, 0.05) is 19.7 Å². The van der Waals surface area contributed by atoms with E-state index in [1.807, 2.05) is 0 Å². The van der Waals surface area contributed by atoms with E-state index in [2.05, 4.69) is 39.5 Å². The summed E-state index contributed by atoms with van der Waals surface area (Å²) in [4.78, 5) is 2.55. The van der Waals surface area contributed by atoms with Crippen LogP contribution in [-0.4, -0.2) is 36.7 Å². The quantitative estimate of drug-likeness (QED) is 0.616. The Balaban J connectivity index is 3.95. The SMILES string of the molecule is CCCCN(CCC(C)(C)OC)C(C)C. The molecule has 0 aliphatic carbocycles. The zero-order valence-electron chi connectivity index (χ0n) is 11.5. The van der Waals surface area contributed by atoms with Gasteiger partial charge in [0.25, 0.3) is 0 Å². The van der Waals surface area contributed by atoms with Crippen LogP contribution >= 0.6 is 0 Å². The molecule has 92 valence electrons. The molecule has 0 rings (SSSR count). The van der Waals surface area contributed by atoms with E-state index < -0.39 is 0 Å². The Morgan fingerprint density at radius 1 is 1.20 bits per heavy atom. The Bertz CT molecular complexity index is 155. The van der Waals surface area contributed by atoms with Gasteiger partial charge in [0.05, 0.1) is 5.60 Å². The number of unbranched alkanes of at least 4 members (excludes halogenated alkanes) is 1. The lowest BCUT2D eigenvalue weighted by atomic mass is 10.0. The minimum atomic E-state index is 0.0132. The van der Waals surface area contributed by atoms with Crippen LogP contribution in [0.2, 0.25) is 0 Å². The van der Waals surface area contributed by atoms with Gasteiger partial charge in [-0.2, -0.15) is 0 Å². The highest BCUT2D eigenvalue weighted by Crippen LogP contribution is 2.15. The average Bonchev–Trinajstić information content (AvgIpc) is 2.17. The van der Waals surface area contributed by atoms with Crippen molar-refractivity contribution < 1.29 is 4.74 Å². The summed E-state index contributed by atoms with van der Waals surface area (Å²) >= 11 is 0. The van der Waals surface area contributed by atoms with Gasteiger partial charge in [0.15, 0.2) is 0 Å². The van der Waals surface area contributed by atoms with Crippen molar-refractivity contribution in [3.8, 4) is 0 Å². The maximum atomic E-state index is 5.45. The Kier molecular flexibility index (Phi) is 7.20. The number of hydrogen-bond acceptors (Lipinski definition) is 2. The van der Waals surface area contributed by atoms with Gasteiger partial charge >= 0.3 is 0 Å². The van der Waals surface area contributed by atoms with E-state index in [1.54, 1.807) is 7.11 Å². The lowest BCUT2D eigenvalue weighted by Gasteiger charge is -2.31. The first-order valence-corrected chi connectivity index (χ1v) is 6.22. The second kappa shape index (κ2) is 7.24. The molecule has 2 nitrogen and oxygen atoms in total. The fraction of sp³-hybridized carbons (Fsp3) is 1.00. The molecule has 0 bridgehead atoms. The summed E-state index contributed by atoms with van der Waals surface area (Å²) in [6, 6.07) is 0.643. The first-order chi connectivity index (χ1) is 6.93. The van der Waals surface area contributed by atoms with Gasteiger partial charge < -0.3 is 9.64 Å². The van der Waals surface area contributed by atoms with Gasteiger partial charge in [0.1, 0.15) is 0 Å². The predicted molar refractivity (Wildman–Crippen MR) is 67.3 cm³/mol. The van der Waals surface area contributed by atoms with Crippen molar-refractivity contribution in [2.45, 2.75) is 65.5 Å². The smallest absolute Gasteiger partial charge is 0.0634 e. The van der Waals surface area contributed by atoms with E-state index in [4.69, 9.17) is 4.74 Å². The van der Waals surface area contributed by atoms with Crippen molar-refractivity contribution in [1.29, 1.82) is 0 Å². The standard InChI is InChI=1S/C13H29NO/c1-7-8-10-14(12(2)3)11-9-13(4,5)15-6/h12H,7-11H2,1-6H3. The fourth-order valence-corrected chi connectivity index (χ4v) is 1.50. The van der Waals surface area contributed by atoms with Crippen LogP contribution in [0.15, 0.2) is 0 Å². The maximum Gasteiger partial charge on any atom is 0.0634 e. The van der Waals surface area contributed by atoms with Gasteiger partial charge in [-0.3, -0.25) is 0 Å². The Hall–Kier alpha value is -0.0800. The molecule has 0 saturated carbocycles. The number of methoxy groups -OCH3 is 1. The van der Waals surface area contributed by atoms with E-state index in [0.29, 0.717) is 6.04 Å². The molecule has 15 heavy (non-hydrogen) atoms. The largest absolute Gasteiger partial charge is 0.379 e. The highest BCUT2D eigenvalue weighted by atomic mass is 16.5. The minimum Gasteiger partial charge on any atom is -0.379 e. The predicted octanol–water partition coefficient (Wildman–Crippen LogP) is 3.31. The molecule has 0 spiro atoms. The molecule has 0 aromatic rings. The van der Waals surface area contributed by atoms with Gasteiger partial charge in [-0.15, -0.1) is 0 Å². The third kappa shape index (κ3) is 6.91. The van der Waals surface area contributed by atoms with E-state index in [1.165, 1.54) is 19.4 Å². The van der Waals surface area contributed by atoms with Crippen LogP contribution in [0.3, 0.4) is 0 Å². The lowest BCUT2D eigenvalue weighted by Crippen LogP contribution is -2.37. The highest BCUT2D eigenvalue weighted by molar-refractivity contribution is 4.72. The van der Waals surface area contributed by atoms with E-state index >= 15 is 0 Å². The van der Waals surface area contributed by atoms with Gasteiger partial charge in [0.2, 0.25) is 0 Å². The van der Waals surface area contributed by atoms with Crippen molar-refractivity contribution >= 4 is 0 Å². The lowest BCUT2D eigenvalue weighted by molar-refractivity contribution is 0.00498. The maximum absolute atomic E-state index is 5.45. The van der Waals surface area contributed by atoms with Crippen molar-refractivity contribution in [3.05, 3.63) is 0 Å². The summed E-state index contributed by atoms with van der Waals surface area (Å²) in [5.41, 5.74) is 0.0132. The average molecular weight is 215 g/mol. The van der Waals surface area contributed by atoms with Crippen molar-refractivity contribution in [3.63, 3.8) is 0 Å². The van der Waals surface area contributed by atoms with Crippen LogP contribution in [0.1, 0.15) is 53.9 Å². The minimum absolute atomic E-state index is 0.0132. The van der Waals surface area contributed by atoms with Crippen molar-refractivity contribution in [2.75, 3.05) is 20.2 Å². The number of rotatable bonds is 8. The third-order valence-corrected chi connectivity index (χ3v) is 3.08.